The minimum atomic E-state index is -0.917. The molecule has 0 aliphatic carbocycles. The maximum absolute atomic E-state index is 13.5. The molecule has 1 fully saturated rings. The van der Waals surface area contributed by atoms with Gasteiger partial charge in [0.25, 0.3) is 0 Å². The van der Waals surface area contributed by atoms with E-state index >= 15 is 0 Å². The lowest BCUT2D eigenvalue weighted by Gasteiger charge is -2.40. The van der Waals surface area contributed by atoms with Crippen LogP contribution >= 0.6 is 0 Å². The van der Waals surface area contributed by atoms with Gasteiger partial charge in [-0.1, -0.05) is 0 Å². The number of hydrogen-bond donors (Lipinski definition) is 1. The lowest BCUT2D eigenvalue weighted by Crippen LogP contribution is -2.50. The fraction of sp³-hybridized carbons (Fsp3) is 0.333. The molecule has 0 spiro atoms. The van der Waals surface area contributed by atoms with Crippen LogP contribution in [0.3, 0.4) is 0 Å². The molecule has 1 saturated heterocycles. The Kier molecular flexibility index (Phi) is 4.52. The summed E-state index contributed by atoms with van der Waals surface area (Å²) in [5.41, 5.74) is 5.29. The molecular weight excluding hydrogens is 376 g/mol. The second-order valence-corrected chi connectivity index (χ2v) is 7.58. The van der Waals surface area contributed by atoms with E-state index in [0.717, 1.165) is 50.5 Å². The molecule has 0 unspecified atom stereocenters. The van der Waals surface area contributed by atoms with Crippen LogP contribution < -0.4 is 5.32 Å². The van der Waals surface area contributed by atoms with Crippen LogP contribution in [-0.4, -0.2) is 45.5 Å². The van der Waals surface area contributed by atoms with Crippen molar-refractivity contribution in [3.63, 3.8) is 0 Å². The average molecular weight is 397 g/mol. The number of ether oxygens (including phenoxy) is 1. The highest BCUT2D eigenvalue weighted by molar-refractivity contribution is 5.58. The molecule has 0 radical (unpaired) electrons. The van der Waals surface area contributed by atoms with E-state index in [0.29, 0.717) is 17.7 Å². The minimum absolute atomic E-state index is 0.397. The molecule has 0 atom stereocenters. The first-order chi connectivity index (χ1) is 14.1. The van der Waals surface area contributed by atoms with Crippen LogP contribution in [0.15, 0.2) is 36.7 Å². The summed E-state index contributed by atoms with van der Waals surface area (Å²) in [7, 11) is 0. The van der Waals surface area contributed by atoms with E-state index in [-0.39, 0.29) is 0 Å². The third-order valence-electron chi connectivity index (χ3n) is 5.64. The summed E-state index contributed by atoms with van der Waals surface area (Å²) in [6.07, 6.45) is 2.51. The number of fused-ring (bicyclic) bond motifs is 1. The van der Waals surface area contributed by atoms with E-state index in [4.69, 9.17) is 4.74 Å². The number of rotatable bonds is 4. The van der Waals surface area contributed by atoms with Crippen molar-refractivity contribution in [1.29, 1.82) is 0 Å². The first-order valence-corrected chi connectivity index (χ1v) is 9.65. The van der Waals surface area contributed by atoms with Gasteiger partial charge in [-0.05, 0) is 54.3 Å². The van der Waals surface area contributed by atoms with Crippen LogP contribution in [0.1, 0.15) is 16.7 Å². The first kappa shape index (κ1) is 18.2. The Morgan fingerprint density at radius 1 is 1.14 bits per heavy atom. The summed E-state index contributed by atoms with van der Waals surface area (Å²) < 4.78 is 33.4. The SMILES string of the molecule is Cc1cc(Nc2ncn(-c3ccc(F)c(F)c3)n2)cc2c1CCN(C1COC1)C2. The average Bonchev–Trinajstić information content (AvgIpc) is 3.11. The monoisotopic (exact) mass is 397 g/mol. The molecule has 2 aliphatic heterocycles. The lowest BCUT2D eigenvalue weighted by molar-refractivity contribution is -0.0695. The van der Waals surface area contributed by atoms with Crippen molar-refractivity contribution in [2.24, 2.45) is 0 Å². The van der Waals surface area contributed by atoms with Crippen molar-refractivity contribution in [3.8, 4) is 5.69 Å². The predicted molar refractivity (Wildman–Crippen MR) is 104 cm³/mol. The van der Waals surface area contributed by atoms with Crippen molar-refractivity contribution < 1.29 is 13.5 Å². The molecule has 2 aromatic carbocycles. The summed E-state index contributed by atoms with van der Waals surface area (Å²) in [4.78, 5) is 6.72. The van der Waals surface area contributed by atoms with Gasteiger partial charge in [-0.15, -0.1) is 5.10 Å². The standard InChI is InChI=1S/C21H21F2N5O/c1-13-6-15(7-14-9-27(5-4-18(13)14)17-10-29-11-17)25-21-24-12-28(26-21)16-2-3-19(22)20(23)8-16/h2-3,6-8,12,17H,4-5,9-11H2,1H3,(H,25,26). The molecule has 2 aliphatic rings. The molecule has 1 aromatic heterocycles. The Balaban J connectivity index is 1.36. The van der Waals surface area contributed by atoms with E-state index in [1.165, 1.54) is 33.8 Å². The number of aromatic nitrogens is 3. The molecule has 1 N–H and O–H groups in total. The Labute approximate surface area is 167 Å². The summed E-state index contributed by atoms with van der Waals surface area (Å²) in [6, 6.07) is 8.39. The summed E-state index contributed by atoms with van der Waals surface area (Å²) in [6.45, 7) is 5.74. The highest BCUT2D eigenvalue weighted by Crippen LogP contribution is 2.29. The second-order valence-electron chi connectivity index (χ2n) is 7.58. The Hall–Kier alpha value is -2.84. The highest BCUT2D eigenvalue weighted by Gasteiger charge is 2.29. The number of hydrogen-bond acceptors (Lipinski definition) is 5. The number of anilines is 2. The Bertz CT molecular complexity index is 1060. The predicted octanol–water partition coefficient (Wildman–Crippen LogP) is 3.35. The third-order valence-corrected chi connectivity index (χ3v) is 5.64. The van der Waals surface area contributed by atoms with Gasteiger partial charge in [-0.25, -0.2) is 13.5 Å². The van der Waals surface area contributed by atoms with E-state index in [9.17, 15) is 8.78 Å². The fourth-order valence-electron chi connectivity index (χ4n) is 3.96. The number of halogens is 2. The third kappa shape index (κ3) is 3.49. The van der Waals surface area contributed by atoms with Gasteiger partial charge in [0.2, 0.25) is 5.95 Å². The van der Waals surface area contributed by atoms with Gasteiger partial charge in [-0.3, -0.25) is 4.90 Å². The van der Waals surface area contributed by atoms with E-state index in [1.54, 1.807) is 0 Å². The smallest absolute Gasteiger partial charge is 0.246 e. The zero-order chi connectivity index (χ0) is 20.0. The normalized spacial score (nSPS) is 17.1. The minimum Gasteiger partial charge on any atom is -0.378 e. The van der Waals surface area contributed by atoms with E-state index in [2.05, 4.69) is 39.4 Å². The lowest BCUT2D eigenvalue weighted by atomic mass is 9.93. The molecule has 0 amide bonds. The van der Waals surface area contributed by atoms with Crippen LogP contribution in [0.4, 0.5) is 20.4 Å². The van der Waals surface area contributed by atoms with Gasteiger partial charge in [-0.2, -0.15) is 4.98 Å². The van der Waals surface area contributed by atoms with Gasteiger partial charge in [0, 0.05) is 24.8 Å². The molecule has 0 saturated carbocycles. The number of benzene rings is 2. The Morgan fingerprint density at radius 3 is 2.76 bits per heavy atom. The molecule has 8 heteroatoms. The molecule has 3 aromatic rings. The first-order valence-electron chi connectivity index (χ1n) is 9.65. The maximum atomic E-state index is 13.5. The van der Waals surface area contributed by atoms with Gasteiger partial charge in [0.05, 0.1) is 24.9 Å². The molecule has 5 rings (SSSR count). The topological polar surface area (TPSA) is 55.2 Å². The van der Waals surface area contributed by atoms with Crippen LogP contribution in [0.25, 0.3) is 5.69 Å². The van der Waals surface area contributed by atoms with Gasteiger partial charge < -0.3 is 10.1 Å². The molecule has 6 nitrogen and oxygen atoms in total. The van der Waals surface area contributed by atoms with Crippen molar-refractivity contribution in [1.82, 2.24) is 19.7 Å². The zero-order valence-corrected chi connectivity index (χ0v) is 16.0. The van der Waals surface area contributed by atoms with Gasteiger partial charge in [0.15, 0.2) is 11.6 Å². The van der Waals surface area contributed by atoms with Gasteiger partial charge >= 0.3 is 0 Å². The van der Waals surface area contributed by atoms with Crippen molar-refractivity contribution in [2.75, 3.05) is 25.1 Å². The fourth-order valence-corrected chi connectivity index (χ4v) is 3.96. The zero-order valence-electron chi connectivity index (χ0n) is 16.0. The largest absolute Gasteiger partial charge is 0.378 e. The van der Waals surface area contributed by atoms with Crippen LogP contribution in [-0.2, 0) is 17.7 Å². The number of nitrogens with one attached hydrogen (secondary N) is 1. The number of nitrogens with zero attached hydrogens (tertiary/aromatic N) is 4. The summed E-state index contributed by atoms with van der Waals surface area (Å²) >= 11 is 0. The molecular formula is C21H21F2N5O. The Morgan fingerprint density at radius 2 is 2.00 bits per heavy atom. The van der Waals surface area contributed by atoms with E-state index in [1.807, 2.05) is 0 Å². The van der Waals surface area contributed by atoms with Crippen LogP contribution in [0.2, 0.25) is 0 Å². The maximum Gasteiger partial charge on any atom is 0.246 e. The van der Waals surface area contributed by atoms with Crippen molar-refractivity contribution in [3.05, 3.63) is 65.0 Å². The van der Waals surface area contributed by atoms with Crippen molar-refractivity contribution in [2.45, 2.75) is 25.9 Å². The molecule has 150 valence electrons. The summed E-state index contributed by atoms with van der Waals surface area (Å²) in [5, 5.41) is 7.56. The van der Waals surface area contributed by atoms with Crippen LogP contribution in [0.5, 0.6) is 0 Å². The van der Waals surface area contributed by atoms with E-state index < -0.39 is 11.6 Å². The second kappa shape index (κ2) is 7.20. The highest BCUT2D eigenvalue weighted by atomic mass is 19.2. The molecule has 29 heavy (non-hydrogen) atoms. The number of aryl methyl sites for hydroxylation is 1. The quantitative estimate of drug-likeness (QED) is 0.732. The van der Waals surface area contributed by atoms with Crippen molar-refractivity contribution >= 4 is 11.6 Å². The summed E-state index contributed by atoms with van der Waals surface area (Å²) in [5.74, 6) is -1.41. The molecule has 3 heterocycles. The van der Waals surface area contributed by atoms with Crippen LogP contribution in [0, 0.1) is 18.6 Å². The van der Waals surface area contributed by atoms with Gasteiger partial charge in [0.1, 0.15) is 6.33 Å². The molecule has 0 bridgehead atoms.